The maximum Gasteiger partial charge on any atom is 0.230 e. The third kappa shape index (κ3) is 6.99. The number of nitrogens with one attached hydrogen (secondary N) is 1. The minimum absolute atomic E-state index is 0.0376. The topological polar surface area (TPSA) is 84.7 Å². The number of halogens is 1. The second-order valence-corrected chi connectivity index (χ2v) is 11.0. The summed E-state index contributed by atoms with van der Waals surface area (Å²) in [5.41, 5.74) is 1.21. The van der Waals surface area contributed by atoms with Crippen molar-refractivity contribution in [3.05, 3.63) is 90.1 Å². The maximum atomic E-state index is 15.1. The number of carbonyl (C=O) groups is 2. The number of carbonyl (C=O) groups excluding carboxylic acids is 2. The summed E-state index contributed by atoms with van der Waals surface area (Å²) in [6, 6.07) is 11.9. The Morgan fingerprint density at radius 3 is 2.83 bits per heavy atom. The Morgan fingerprint density at radius 2 is 2.05 bits per heavy atom. The molecule has 0 bridgehead atoms. The zero-order chi connectivity index (χ0) is 28.8. The van der Waals surface area contributed by atoms with Crippen LogP contribution in [0.4, 0.5) is 4.39 Å². The van der Waals surface area contributed by atoms with Gasteiger partial charge in [0.1, 0.15) is 23.1 Å². The molecule has 0 saturated carbocycles. The van der Waals surface area contributed by atoms with Crippen molar-refractivity contribution >= 4 is 33.2 Å². The van der Waals surface area contributed by atoms with E-state index in [9.17, 15) is 9.59 Å². The van der Waals surface area contributed by atoms with E-state index in [1.165, 1.54) is 23.5 Å². The molecular formula is C32H32FN3O4S. The average molecular weight is 574 g/mol. The number of nitrogens with zero attached hydrogens (tertiary/aromatic N) is 2. The number of rotatable bonds is 12. The van der Waals surface area contributed by atoms with Crippen LogP contribution in [0, 0.1) is 5.82 Å². The molecule has 0 radical (unpaired) electrons. The van der Waals surface area contributed by atoms with Crippen molar-refractivity contribution in [1.29, 1.82) is 0 Å². The van der Waals surface area contributed by atoms with Crippen molar-refractivity contribution in [2.24, 2.45) is 0 Å². The van der Waals surface area contributed by atoms with Gasteiger partial charge in [-0.1, -0.05) is 37.3 Å². The monoisotopic (exact) mass is 573 g/mol. The van der Waals surface area contributed by atoms with Crippen molar-refractivity contribution in [2.75, 3.05) is 13.6 Å². The third-order valence-corrected chi connectivity index (χ3v) is 7.97. The van der Waals surface area contributed by atoms with Crippen LogP contribution in [0.2, 0.25) is 0 Å². The lowest BCUT2D eigenvalue weighted by Gasteiger charge is -2.25. The predicted molar refractivity (Wildman–Crippen MR) is 159 cm³/mol. The lowest BCUT2D eigenvalue weighted by molar-refractivity contribution is -0.135. The van der Waals surface area contributed by atoms with Crippen molar-refractivity contribution in [1.82, 2.24) is 15.2 Å². The van der Waals surface area contributed by atoms with Gasteiger partial charge in [-0.05, 0) is 55.3 Å². The highest BCUT2D eigenvalue weighted by Gasteiger charge is 2.21. The van der Waals surface area contributed by atoms with Gasteiger partial charge in [-0.25, -0.2) is 4.39 Å². The molecule has 3 aromatic heterocycles. The molecule has 1 amide bonds. The fourth-order valence-electron chi connectivity index (χ4n) is 4.59. The Kier molecular flexibility index (Phi) is 9.06. The Balaban J connectivity index is 1.23. The number of Topliss-reactive ketones (excluding diaryl/α,β-unsaturated/α-hetero) is 1. The number of likely N-dealkylation sites (N-methyl/N-ethyl adjacent to an activating group) is 1. The highest BCUT2D eigenvalue weighted by Crippen LogP contribution is 2.40. The first-order valence-electron chi connectivity index (χ1n) is 13.7. The molecule has 7 nitrogen and oxygen atoms in total. The average Bonchev–Trinajstić information content (AvgIpc) is 3.62. The van der Waals surface area contributed by atoms with Gasteiger partial charge in [0.2, 0.25) is 5.91 Å². The smallest absolute Gasteiger partial charge is 0.230 e. The van der Waals surface area contributed by atoms with E-state index in [4.69, 9.17) is 9.15 Å². The summed E-state index contributed by atoms with van der Waals surface area (Å²) >= 11 is 1.46. The number of furan rings is 1. The molecule has 0 spiro atoms. The number of fused-ring (bicyclic) bond motifs is 1. The Labute approximate surface area is 242 Å². The number of amides is 1. The number of ketones is 1. The Morgan fingerprint density at radius 1 is 1.17 bits per heavy atom. The SMILES string of the molecule is CCCNCc1ccc(-c2cc3nccc(Oc4ccc(CC(=O)CC(=O)N(C)C5C=CC=CC5)cc4F)c3s2)o1. The molecule has 212 valence electrons. The van der Waals surface area contributed by atoms with E-state index in [1.807, 2.05) is 42.5 Å². The lowest BCUT2D eigenvalue weighted by atomic mass is 10.0. The minimum Gasteiger partial charge on any atom is -0.459 e. The highest BCUT2D eigenvalue weighted by molar-refractivity contribution is 7.22. The molecule has 0 saturated heterocycles. The van der Waals surface area contributed by atoms with Crippen molar-refractivity contribution in [3.63, 3.8) is 0 Å². The summed E-state index contributed by atoms with van der Waals surface area (Å²) in [4.78, 5) is 32.1. The number of aromatic nitrogens is 1. The van der Waals surface area contributed by atoms with Crippen molar-refractivity contribution in [2.45, 2.75) is 45.2 Å². The van der Waals surface area contributed by atoms with Gasteiger partial charge >= 0.3 is 0 Å². The van der Waals surface area contributed by atoms with E-state index in [2.05, 4.69) is 17.2 Å². The Bertz CT molecular complexity index is 1610. The van der Waals surface area contributed by atoms with E-state index in [0.29, 0.717) is 17.9 Å². The van der Waals surface area contributed by atoms with Crippen LogP contribution in [-0.4, -0.2) is 41.2 Å². The molecule has 4 aromatic rings. The first kappa shape index (κ1) is 28.4. The fourth-order valence-corrected chi connectivity index (χ4v) is 5.62. The van der Waals surface area contributed by atoms with Gasteiger partial charge in [0.25, 0.3) is 0 Å². The van der Waals surface area contributed by atoms with E-state index < -0.39 is 5.82 Å². The van der Waals surface area contributed by atoms with Crippen LogP contribution in [0.15, 0.2) is 77.4 Å². The van der Waals surface area contributed by atoms with Gasteiger partial charge in [0.05, 0.1) is 34.1 Å². The molecule has 3 heterocycles. The molecule has 1 N–H and O–H groups in total. The zero-order valence-electron chi connectivity index (χ0n) is 23.1. The number of thiophene rings is 1. The molecule has 1 aliphatic rings. The largest absolute Gasteiger partial charge is 0.459 e. The van der Waals surface area contributed by atoms with Gasteiger partial charge in [-0.2, -0.15) is 0 Å². The van der Waals surface area contributed by atoms with Gasteiger partial charge in [0, 0.05) is 25.7 Å². The molecule has 1 aromatic carbocycles. The number of hydrogen-bond acceptors (Lipinski definition) is 7. The summed E-state index contributed by atoms with van der Waals surface area (Å²) in [5, 5.41) is 3.33. The number of benzene rings is 1. The summed E-state index contributed by atoms with van der Waals surface area (Å²) < 4.78 is 27.8. The number of pyridine rings is 1. The second kappa shape index (κ2) is 13.1. The highest BCUT2D eigenvalue weighted by atomic mass is 32.1. The molecule has 1 unspecified atom stereocenters. The van der Waals surface area contributed by atoms with Crippen molar-refractivity contribution in [3.8, 4) is 22.1 Å². The van der Waals surface area contributed by atoms with E-state index in [1.54, 1.807) is 30.3 Å². The predicted octanol–water partition coefficient (Wildman–Crippen LogP) is 6.83. The molecule has 41 heavy (non-hydrogen) atoms. The summed E-state index contributed by atoms with van der Waals surface area (Å²) in [6.45, 7) is 3.70. The van der Waals surface area contributed by atoms with Crippen LogP contribution >= 0.6 is 11.3 Å². The molecule has 0 aliphatic heterocycles. The van der Waals surface area contributed by atoms with Crippen LogP contribution in [0.5, 0.6) is 11.5 Å². The number of hydrogen-bond donors (Lipinski definition) is 1. The third-order valence-electron chi connectivity index (χ3n) is 6.82. The second-order valence-electron chi connectivity index (χ2n) is 9.96. The van der Waals surface area contributed by atoms with Crippen LogP contribution in [0.25, 0.3) is 20.9 Å². The number of ether oxygens (including phenoxy) is 1. The van der Waals surface area contributed by atoms with Gasteiger partial charge < -0.3 is 19.4 Å². The fraction of sp³-hybridized carbons (Fsp3) is 0.281. The van der Waals surface area contributed by atoms with E-state index in [-0.39, 0.29) is 36.3 Å². The van der Waals surface area contributed by atoms with Crippen LogP contribution < -0.4 is 10.1 Å². The van der Waals surface area contributed by atoms with Crippen LogP contribution in [0.1, 0.15) is 37.5 Å². The molecule has 0 fully saturated rings. The molecule has 5 rings (SSSR count). The van der Waals surface area contributed by atoms with E-state index >= 15 is 4.39 Å². The van der Waals surface area contributed by atoms with Crippen LogP contribution in [0.3, 0.4) is 0 Å². The Hall–Kier alpha value is -4.08. The molecule has 1 aliphatic carbocycles. The molecule has 9 heteroatoms. The van der Waals surface area contributed by atoms with Crippen molar-refractivity contribution < 1.29 is 23.1 Å². The number of allylic oxidation sites excluding steroid dienone is 2. The zero-order valence-corrected chi connectivity index (χ0v) is 23.9. The lowest BCUT2D eigenvalue weighted by Crippen LogP contribution is -2.37. The van der Waals surface area contributed by atoms with Gasteiger partial charge in [-0.3, -0.25) is 14.6 Å². The first-order valence-corrected chi connectivity index (χ1v) is 14.5. The normalized spacial score (nSPS) is 14.5. The minimum atomic E-state index is -0.588. The molecule has 1 atom stereocenters. The van der Waals surface area contributed by atoms with Gasteiger partial charge in [-0.15, -0.1) is 11.3 Å². The van der Waals surface area contributed by atoms with Gasteiger partial charge in [0.15, 0.2) is 11.6 Å². The molecular weight excluding hydrogens is 541 g/mol. The van der Waals surface area contributed by atoms with Crippen LogP contribution in [-0.2, 0) is 22.6 Å². The standard InChI is InChI=1S/C32H32FN3O4S/c1-3-14-34-20-24-10-12-28(39-24)30-19-26-32(41-30)29(13-15-35-26)40-27-11-9-21(17-25(27)33)16-23(37)18-31(38)36(2)22-7-5-4-6-8-22/h4-7,9-13,15,17,19,22,34H,3,8,14,16,18,20H2,1-2H3. The maximum absolute atomic E-state index is 15.1. The summed E-state index contributed by atoms with van der Waals surface area (Å²) in [6.07, 6.45) is 10.9. The van der Waals surface area contributed by atoms with E-state index in [0.717, 1.165) is 46.0 Å². The first-order chi connectivity index (χ1) is 19.9. The summed E-state index contributed by atoms with van der Waals surface area (Å²) in [7, 11) is 1.69. The quantitative estimate of drug-likeness (QED) is 0.148. The summed E-state index contributed by atoms with van der Waals surface area (Å²) in [5.74, 6) is 1.00.